The summed E-state index contributed by atoms with van der Waals surface area (Å²) in [5, 5.41) is 19.1. The fraction of sp³-hybridized carbons (Fsp3) is 0.621. The van der Waals surface area contributed by atoms with Gasteiger partial charge in [-0.15, -0.1) is 6.58 Å². The number of rotatable bonds is 14. The minimum Gasteiger partial charge on any atom is -0.481 e. The Bertz CT molecular complexity index is 1030. The Kier molecular flexibility index (Phi) is 8.78. The van der Waals surface area contributed by atoms with Crippen LogP contribution in [-0.2, 0) is 19.1 Å². The van der Waals surface area contributed by atoms with Crippen LogP contribution in [-0.4, -0.2) is 83.4 Å². The van der Waals surface area contributed by atoms with Crippen molar-refractivity contribution < 1.29 is 29.3 Å². The third-order valence-electron chi connectivity index (χ3n) is 8.49. The van der Waals surface area contributed by atoms with Crippen molar-refractivity contribution in [2.45, 2.75) is 70.1 Å². The average Bonchev–Trinajstić information content (AvgIpc) is 3.55. The van der Waals surface area contributed by atoms with E-state index >= 15 is 0 Å². The van der Waals surface area contributed by atoms with Crippen LogP contribution in [0, 0.1) is 11.8 Å². The van der Waals surface area contributed by atoms with Gasteiger partial charge < -0.3 is 29.6 Å². The molecule has 0 aromatic heterocycles. The van der Waals surface area contributed by atoms with E-state index in [1.807, 2.05) is 24.3 Å². The van der Waals surface area contributed by atoms with Crippen molar-refractivity contribution in [3.05, 3.63) is 36.9 Å². The number of carboxylic acid groups (broad SMARTS) is 1. The van der Waals surface area contributed by atoms with Gasteiger partial charge in [-0.1, -0.05) is 18.9 Å². The van der Waals surface area contributed by atoms with E-state index in [4.69, 9.17) is 9.84 Å². The summed E-state index contributed by atoms with van der Waals surface area (Å²) < 4.78 is 6.32. The SMILES string of the molecule is C=CCN(C(=O)C1N(CCCCCCO)C(=O)[C@@H]2[C@H](C(=O)O)[C@@H]3CCC12O3)c1ccc(N(CC)CC)cc1. The number of aliphatic hydroxyl groups excluding tert-OH is 1. The topological polar surface area (TPSA) is 111 Å². The first-order chi connectivity index (χ1) is 18.3. The number of anilines is 2. The Morgan fingerprint density at radius 2 is 1.79 bits per heavy atom. The number of unbranched alkanes of at least 4 members (excludes halogenated alkanes) is 3. The smallest absolute Gasteiger partial charge is 0.310 e. The minimum atomic E-state index is -1.13. The number of carboxylic acids is 1. The van der Waals surface area contributed by atoms with Crippen molar-refractivity contribution in [2.24, 2.45) is 11.8 Å². The second kappa shape index (κ2) is 11.9. The van der Waals surface area contributed by atoms with Crippen LogP contribution >= 0.6 is 0 Å². The molecule has 0 radical (unpaired) electrons. The maximum atomic E-state index is 14.4. The molecule has 4 rings (SSSR count). The predicted molar refractivity (Wildman–Crippen MR) is 145 cm³/mol. The first-order valence-electron chi connectivity index (χ1n) is 13.9. The molecule has 3 heterocycles. The van der Waals surface area contributed by atoms with Gasteiger partial charge >= 0.3 is 5.97 Å². The van der Waals surface area contributed by atoms with E-state index < -0.39 is 35.6 Å². The summed E-state index contributed by atoms with van der Waals surface area (Å²) in [5.41, 5.74) is 0.627. The van der Waals surface area contributed by atoms with Crippen LogP contribution in [0.3, 0.4) is 0 Å². The number of likely N-dealkylation sites (tertiary alicyclic amines) is 1. The molecule has 3 aliphatic rings. The van der Waals surface area contributed by atoms with Gasteiger partial charge in [0.15, 0.2) is 0 Å². The zero-order valence-corrected chi connectivity index (χ0v) is 22.6. The number of benzene rings is 1. The Hall–Kier alpha value is -2.91. The lowest BCUT2D eigenvalue weighted by Gasteiger charge is -2.37. The number of aliphatic carboxylic acids is 1. The number of amides is 2. The van der Waals surface area contributed by atoms with Crippen molar-refractivity contribution in [2.75, 3.05) is 42.6 Å². The molecule has 9 heteroatoms. The third-order valence-corrected chi connectivity index (χ3v) is 8.49. The molecule has 0 saturated carbocycles. The van der Waals surface area contributed by atoms with Gasteiger partial charge in [-0.2, -0.15) is 0 Å². The molecule has 2 bridgehead atoms. The van der Waals surface area contributed by atoms with E-state index in [9.17, 15) is 19.5 Å². The normalized spacial score (nSPS) is 27.4. The number of carbonyl (C=O) groups is 3. The van der Waals surface area contributed by atoms with Gasteiger partial charge in [0.05, 0.1) is 17.9 Å². The molecule has 38 heavy (non-hydrogen) atoms. The lowest BCUT2D eigenvalue weighted by Crippen LogP contribution is -2.56. The lowest BCUT2D eigenvalue weighted by atomic mass is 9.70. The van der Waals surface area contributed by atoms with Gasteiger partial charge in [0.2, 0.25) is 5.91 Å². The van der Waals surface area contributed by atoms with Crippen LogP contribution < -0.4 is 9.80 Å². The second-order valence-electron chi connectivity index (χ2n) is 10.5. The summed E-state index contributed by atoms with van der Waals surface area (Å²) in [7, 11) is 0. The van der Waals surface area contributed by atoms with Gasteiger partial charge in [-0.25, -0.2) is 0 Å². The largest absolute Gasteiger partial charge is 0.481 e. The lowest BCUT2D eigenvalue weighted by molar-refractivity contribution is -0.149. The molecule has 2 N–H and O–H groups in total. The van der Waals surface area contributed by atoms with E-state index in [2.05, 4.69) is 25.3 Å². The maximum absolute atomic E-state index is 14.4. The second-order valence-corrected chi connectivity index (χ2v) is 10.5. The Balaban J connectivity index is 1.67. The molecule has 3 saturated heterocycles. The molecule has 2 unspecified atom stereocenters. The summed E-state index contributed by atoms with van der Waals surface area (Å²) >= 11 is 0. The van der Waals surface area contributed by atoms with Crippen molar-refractivity contribution in [1.82, 2.24) is 4.90 Å². The monoisotopic (exact) mass is 527 g/mol. The van der Waals surface area contributed by atoms with Crippen LogP contribution in [0.1, 0.15) is 52.4 Å². The molecular weight excluding hydrogens is 486 g/mol. The van der Waals surface area contributed by atoms with Crippen LogP contribution in [0.4, 0.5) is 11.4 Å². The number of aliphatic hydroxyl groups is 1. The molecule has 3 aliphatic heterocycles. The fourth-order valence-corrected chi connectivity index (χ4v) is 6.73. The van der Waals surface area contributed by atoms with Crippen molar-refractivity contribution >= 4 is 29.2 Å². The first-order valence-corrected chi connectivity index (χ1v) is 13.9. The number of fused-ring (bicyclic) bond motifs is 1. The number of hydrogen-bond donors (Lipinski definition) is 2. The van der Waals surface area contributed by atoms with Crippen molar-refractivity contribution in [3.8, 4) is 0 Å². The van der Waals surface area contributed by atoms with E-state index in [1.165, 1.54) is 0 Å². The molecule has 2 amide bonds. The minimum absolute atomic E-state index is 0.119. The number of ether oxygens (including phenoxy) is 1. The summed E-state index contributed by atoms with van der Waals surface area (Å²) in [6.45, 7) is 10.5. The van der Waals surface area contributed by atoms with E-state index in [-0.39, 0.29) is 25.0 Å². The molecular formula is C29H41N3O6. The van der Waals surface area contributed by atoms with Gasteiger partial charge in [-0.3, -0.25) is 14.4 Å². The predicted octanol–water partition coefficient (Wildman–Crippen LogP) is 3.06. The summed E-state index contributed by atoms with van der Waals surface area (Å²) in [5.74, 6) is -3.40. The summed E-state index contributed by atoms with van der Waals surface area (Å²) in [6, 6.07) is 6.91. The Labute approximate surface area is 225 Å². The number of carbonyl (C=O) groups excluding carboxylic acids is 2. The molecule has 208 valence electrons. The van der Waals surface area contributed by atoms with E-state index in [0.29, 0.717) is 37.9 Å². The number of hydrogen-bond acceptors (Lipinski definition) is 6. The van der Waals surface area contributed by atoms with Gasteiger partial charge in [0.1, 0.15) is 11.6 Å². The van der Waals surface area contributed by atoms with Gasteiger partial charge in [0, 0.05) is 44.2 Å². The number of nitrogens with zero attached hydrogens (tertiary/aromatic N) is 3. The van der Waals surface area contributed by atoms with Crippen LogP contribution in [0.15, 0.2) is 36.9 Å². The molecule has 1 spiro atoms. The zero-order chi connectivity index (χ0) is 27.4. The van der Waals surface area contributed by atoms with Crippen LogP contribution in [0.25, 0.3) is 0 Å². The highest BCUT2D eigenvalue weighted by Gasteiger charge is 2.74. The summed E-state index contributed by atoms with van der Waals surface area (Å²) in [4.78, 5) is 45.8. The standard InChI is InChI=1S/C29H41N3O6/c1-4-17-31(21-13-11-20(12-14-21)30(5-2)6-3)27(35)25-29-16-15-22(38-29)23(28(36)37)24(29)26(34)32(25)18-9-7-8-10-19-33/h4,11-14,22-25,33H,1,5-10,15-19H2,2-3H3,(H,36,37)/t22-,23+,24-,25?,29?/m0/s1. The molecule has 3 fully saturated rings. The summed E-state index contributed by atoms with van der Waals surface area (Å²) in [6.07, 6.45) is 5.10. The van der Waals surface area contributed by atoms with Crippen LogP contribution in [0.2, 0.25) is 0 Å². The Morgan fingerprint density at radius 3 is 2.39 bits per heavy atom. The highest BCUT2D eigenvalue weighted by atomic mass is 16.5. The van der Waals surface area contributed by atoms with E-state index in [0.717, 1.165) is 31.6 Å². The molecule has 9 nitrogen and oxygen atoms in total. The highest BCUT2D eigenvalue weighted by Crippen LogP contribution is 2.58. The highest BCUT2D eigenvalue weighted by molar-refractivity contribution is 6.04. The van der Waals surface area contributed by atoms with Crippen molar-refractivity contribution in [3.63, 3.8) is 0 Å². The van der Waals surface area contributed by atoms with Crippen molar-refractivity contribution in [1.29, 1.82) is 0 Å². The Morgan fingerprint density at radius 1 is 1.13 bits per heavy atom. The molecule has 1 aromatic rings. The zero-order valence-electron chi connectivity index (χ0n) is 22.6. The molecule has 0 aliphatic carbocycles. The van der Waals surface area contributed by atoms with Gasteiger partial charge in [0.25, 0.3) is 5.91 Å². The van der Waals surface area contributed by atoms with Gasteiger partial charge in [-0.05, 0) is 63.8 Å². The average molecular weight is 528 g/mol. The maximum Gasteiger partial charge on any atom is 0.310 e. The van der Waals surface area contributed by atoms with E-state index in [1.54, 1.807) is 15.9 Å². The van der Waals surface area contributed by atoms with Crippen LogP contribution in [0.5, 0.6) is 0 Å². The molecule has 5 atom stereocenters. The third kappa shape index (κ3) is 4.82. The first kappa shape index (κ1) is 28.1. The molecule has 1 aromatic carbocycles. The fourth-order valence-electron chi connectivity index (χ4n) is 6.73. The quantitative estimate of drug-likeness (QED) is 0.283.